The van der Waals surface area contributed by atoms with E-state index in [-0.39, 0.29) is 11.7 Å². The number of nitrogens with one attached hydrogen (secondary N) is 1. The normalized spacial score (nSPS) is 10.6. The topological polar surface area (TPSA) is 87.5 Å². The highest BCUT2D eigenvalue weighted by Gasteiger charge is 2.18. The van der Waals surface area contributed by atoms with Gasteiger partial charge in [-0.25, -0.2) is 0 Å². The molecule has 1 heterocycles. The number of benzene rings is 2. The van der Waals surface area contributed by atoms with Gasteiger partial charge < -0.3 is 24.1 Å². The molecule has 0 fully saturated rings. The average molecular weight is 443 g/mol. The summed E-state index contributed by atoms with van der Waals surface area (Å²) < 4.78 is 18.0. The third-order valence-corrected chi connectivity index (χ3v) is 5.62. The Morgan fingerprint density at radius 2 is 1.58 bits per heavy atom. The molecule has 1 amide bonds. The molecule has 0 aliphatic rings. The highest BCUT2D eigenvalue weighted by molar-refractivity contribution is 7.99. The van der Waals surface area contributed by atoms with E-state index >= 15 is 0 Å². The molecule has 0 aliphatic heterocycles. The monoisotopic (exact) mass is 442 g/mol. The fourth-order valence-corrected chi connectivity index (χ4v) is 3.99. The van der Waals surface area contributed by atoms with E-state index in [4.69, 9.17) is 14.2 Å². The number of aromatic nitrogens is 3. The maximum Gasteiger partial charge on any atom is 0.234 e. The second-order valence-corrected chi connectivity index (χ2v) is 7.93. The second kappa shape index (κ2) is 9.74. The molecule has 3 rings (SSSR count). The number of carbonyl (C=O) groups excluding carboxylic acids is 1. The van der Waals surface area contributed by atoms with Gasteiger partial charge in [-0.2, -0.15) is 0 Å². The van der Waals surface area contributed by atoms with Crippen LogP contribution in [0.1, 0.15) is 11.1 Å². The van der Waals surface area contributed by atoms with E-state index < -0.39 is 0 Å². The minimum Gasteiger partial charge on any atom is -0.493 e. The summed E-state index contributed by atoms with van der Waals surface area (Å²) in [7, 11) is 6.53. The first-order valence-corrected chi connectivity index (χ1v) is 10.6. The Labute approximate surface area is 185 Å². The number of aryl methyl sites for hydroxylation is 2. The molecule has 0 saturated heterocycles. The van der Waals surface area contributed by atoms with Crippen LogP contribution in [0.2, 0.25) is 0 Å². The molecule has 1 aromatic heterocycles. The van der Waals surface area contributed by atoms with Gasteiger partial charge in [-0.1, -0.05) is 17.8 Å². The summed E-state index contributed by atoms with van der Waals surface area (Å²) in [6.07, 6.45) is 0. The van der Waals surface area contributed by atoms with Crippen LogP contribution in [0.15, 0.2) is 35.5 Å². The molecule has 0 atom stereocenters. The molecule has 3 aromatic rings. The maximum absolute atomic E-state index is 12.4. The van der Waals surface area contributed by atoms with E-state index in [0.29, 0.717) is 28.2 Å². The number of hydrogen-bond donors (Lipinski definition) is 1. The fourth-order valence-electron chi connectivity index (χ4n) is 3.28. The number of carbonyl (C=O) groups is 1. The molecular weight excluding hydrogens is 416 g/mol. The Morgan fingerprint density at radius 1 is 0.968 bits per heavy atom. The molecule has 8 nitrogen and oxygen atoms in total. The molecule has 164 valence electrons. The zero-order chi connectivity index (χ0) is 22.5. The first-order valence-electron chi connectivity index (χ1n) is 9.57. The van der Waals surface area contributed by atoms with Crippen LogP contribution < -0.4 is 19.5 Å². The van der Waals surface area contributed by atoms with Gasteiger partial charge in [-0.05, 0) is 49.2 Å². The van der Waals surface area contributed by atoms with Crippen molar-refractivity contribution in [3.8, 4) is 28.6 Å². The summed E-state index contributed by atoms with van der Waals surface area (Å²) in [5, 5.41) is 12.1. The first-order chi connectivity index (χ1) is 14.9. The largest absolute Gasteiger partial charge is 0.493 e. The van der Waals surface area contributed by atoms with E-state index in [1.807, 2.05) is 49.7 Å². The van der Waals surface area contributed by atoms with Crippen molar-refractivity contribution in [3.63, 3.8) is 0 Å². The average Bonchev–Trinajstić information content (AvgIpc) is 3.10. The summed E-state index contributed by atoms with van der Waals surface area (Å²) >= 11 is 1.32. The SMILES string of the molecule is COc1cc(-c2nnc(SCC(=O)Nc3cc(C)cc(C)c3)n2C)cc(OC)c1OC. The van der Waals surface area contributed by atoms with Crippen LogP contribution in [0, 0.1) is 13.8 Å². The van der Waals surface area contributed by atoms with Crippen molar-refractivity contribution in [2.75, 3.05) is 32.4 Å². The number of nitrogens with zero attached hydrogens (tertiary/aromatic N) is 3. The van der Waals surface area contributed by atoms with Crippen LogP contribution in [0.3, 0.4) is 0 Å². The fraction of sp³-hybridized carbons (Fsp3) is 0.318. The number of rotatable bonds is 8. The third kappa shape index (κ3) is 5.11. The first kappa shape index (κ1) is 22.5. The highest BCUT2D eigenvalue weighted by Crippen LogP contribution is 2.41. The van der Waals surface area contributed by atoms with Gasteiger partial charge in [-0.3, -0.25) is 4.79 Å². The number of methoxy groups -OCH3 is 3. The van der Waals surface area contributed by atoms with Crippen LogP contribution in [-0.2, 0) is 11.8 Å². The van der Waals surface area contributed by atoms with Crippen LogP contribution in [0.4, 0.5) is 5.69 Å². The third-order valence-electron chi connectivity index (χ3n) is 4.60. The van der Waals surface area contributed by atoms with Gasteiger partial charge in [-0.15, -0.1) is 10.2 Å². The summed E-state index contributed by atoms with van der Waals surface area (Å²) in [6.45, 7) is 4.00. The predicted molar refractivity (Wildman–Crippen MR) is 121 cm³/mol. The maximum atomic E-state index is 12.4. The van der Waals surface area contributed by atoms with Crippen molar-refractivity contribution < 1.29 is 19.0 Å². The predicted octanol–water partition coefficient (Wildman–Crippen LogP) is 3.86. The Kier molecular flexibility index (Phi) is 7.06. The van der Waals surface area contributed by atoms with Crippen LogP contribution >= 0.6 is 11.8 Å². The molecule has 31 heavy (non-hydrogen) atoms. The molecule has 0 aliphatic carbocycles. The van der Waals surface area contributed by atoms with Gasteiger partial charge in [0.15, 0.2) is 22.5 Å². The van der Waals surface area contributed by atoms with Crippen molar-refractivity contribution in [1.29, 1.82) is 0 Å². The Bertz CT molecular complexity index is 1050. The van der Waals surface area contributed by atoms with E-state index in [1.165, 1.54) is 11.8 Å². The van der Waals surface area contributed by atoms with Gasteiger partial charge in [0, 0.05) is 18.3 Å². The van der Waals surface area contributed by atoms with Gasteiger partial charge in [0.1, 0.15) is 0 Å². The van der Waals surface area contributed by atoms with Gasteiger partial charge in [0.2, 0.25) is 11.7 Å². The molecule has 2 aromatic carbocycles. The smallest absolute Gasteiger partial charge is 0.234 e. The van der Waals surface area contributed by atoms with Crippen LogP contribution in [0.25, 0.3) is 11.4 Å². The van der Waals surface area contributed by atoms with Crippen molar-refractivity contribution in [2.24, 2.45) is 7.05 Å². The summed E-state index contributed by atoms with van der Waals surface area (Å²) in [5.74, 6) is 2.30. The van der Waals surface area contributed by atoms with Crippen molar-refractivity contribution in [1.82, 2.24) is 14.8 Å². The van der Waals surface area contributed by atoms with Gasteiger partial charge >= 0.3 is 0 Å². The van der Waals surface area contributed by atoms with E-state index in [9.17, 15) is 4.79 Å². The zero-order valence-electron chi connectivity index (χ0n) is 18.5. The zero-order valence-corrected chi connectivity index (χ0v) is 19.3. The molecule has 0 bridgehead atoms. The summed E-state index contributed by atoms with van der Waals surface area (Å²) in [5.41, 5.74) is 3.76. The molecule has 0 radical (unpaired) electrons. The van der Waals surface area contributed by atoms with Crippen molar-refractivity contribution >= 4 is 23.4 Å². The van der Waals surface area contributed by atoms with E-state index in [0.717, 1.165) is 22.4 Å². The van der Waals surface area contributed by atoms with E-state index in [1.54, 1.807) is 21.3 Å². The highest BCUT2D eigenvalue weighted by atomic mass is 32.2. The Balaban J connectivity index is 1.75. The number of thioether (sulfide) groups is 1. The minimum atomic E-state index is -0.104. The number of anilines is 1. The standard InChI is InChI=1S/C22H26N4O4S/c1-13-7-14(2)9-16(8-13)23-19(27)12-31-22-25-24-21(26(22)3)15-10-17(28-4)20(30-6)18(11-15)29-5/h7-11H,12H2,1-6H3,(H,23,27). The number of amides is 1. The Morgan fingerprint density at radius 3 is 2.13 bits per heavy atom. The lowest BCUT2D eigenvalue weighted by atomic mass is 10.1. The number of hydrogen-bond acceptors (Lipinski definition) is 7. The molecule has 0 saturated carbocycles. The lowest BCUT2D eigenvalue weighted by Gasteiger charge is -2.14. The molecule has 1 N–H and O–H groups in total. The van der Waals surface area contributed by atoms with Crippen molar-refractivity contribution in [2.45, 2.75) is 19.0 Å². The van der Waals surface area contributed by atoms with E-state index in [2.05, 4.69) is 21.6 Å². The molecular formula is C22H26N4O4S. The second-order valence-electron chi connectivity index (χ2n) is 6.99. The van der Waals surface area contributed by atoms with Crippen LogP contribution in [0.5, 0.6) is 17.2 Å². The van der Waals surface area contributed by atoms with Crippen molar-refractivity contribution in [3.05, 3.63) is 41.5 Å². The van der Waals surface area contributed by atoms with Gasteiger partial charge in [0.05, 0.1) is 27.1 Å². The van der Waals surface area contributed by atoms with Gasteiger partial charge in [0.25, 0.3) is 0 Å². The minimum absolute atomic E-state index is 0.104. The lowest BCUT2D eigenvalue weighted by Crippen LogP contribution is -2.14. The summed E-state index contributed by atoms with van der Waals surface area (Å²) in [4.78, 5) is 12.4. The summed E-state index contributed by atoms with van der Waals surface area (Å²) in [6, 6.07) is 9.58. The number of ether oxygens (including phenoxy) is 3. The molecule has 0 spiro atoms. The molecule has 0 unspecified atom stereocenters. The lowest BCUT2D eigenvalue weighted by molar-refractivity contribution is -0.113. The molecule has 9 heteroatoms. The Hall–Kier alpha value is -3.20. The quantitative estimate of drug-likeness (QED) is 0.530. The van der Waals surface area contributed by atoms with Crippen LogP contribution in [-0.4, -0.2) is 47.8 Å².